The van der Waals surface area contributed by atoms with E-state index in [1.807, 2.05) is 68.1 Å². The molecular weight excluding hydrogens is 570 g/mol. The van der Waals surface area contributed by atoms with E-state index in [1.165, 1.54) is 12.8 Å². The number of fused-ring (bicyclic) bond motifs is 1. The van der Waals surface area contributed by atoms with Gasteiger partial charge in [0.25, 0.3) is 0 Å². The molecule has 1 saturated heterocycles. The number of anilines is 1. The molecule has 1 N–H and O–H groups in total. The van der Waals surface area contributed by atoms with Crippen LogP contribution in [0.25, 0.3) is 11.3 Å². The molecule has 0 unspecified atom stereocenters. The Morgan fingerprint density at radius 2 is 1.78 bits per heavy atom. The van der Waals surface area contributed by atoms with Crippen molar-refractivity contribution in [2.45, 2.75) is 77.4 Å². The number of pyridine rings is 1. The van der Waals surface area contributed by atoms with Gasteiger partial charge in [-0.05, 0) is 106 Å². The standard InChI is InChI=1S/C36H43N3O6/c1-36(2,3)45-35(41)39-18-6-7-25(20-39)28-19-29(37-34-27(28)16-17-32(40)38-34)33-30(43-21-23-10-11-23)8-5-9-31(33)44-22-24-12-14-26(42-4)15-13-24/h5,8-9,12-15,19,23,25H,6-7,10-11,16-18,20-22H2,1-4H3,(H,37,38,40)/t25-/m1/s1. The van der Waals surface area contributed by atoms with Gasteiger partial charge in [0.1, 0.15) is 35.3 Å². The van der Waals surface area contributed by atoms with Crippen LogP contribution in [0.2, 0.25) is 0 Å². The monoisotopic (exact) mass is 613 g/mol. The van der Waals surface area contributed by atoms with Crippen molar-refractivity contribution in [3.63, 3.8) is 0 Å². The molecule has 0 bridgehead atoms. The van der Waals surface area contributed by atoms with Crippen LogP contribution < -0.4 is 19.5 Å². The highest BCUT2D eigenvalue weighted by Gasteiger charge is 2.33. The molecule has 3 heterocycles. The van der Waals surface area contributed by atoms with Gasteiger partial charge in [0, 0.05) is 25.4 Å². The van der Waals surface area contributed by atoms with E-state index < -0.39 is 5.60 Å². The second-order valence-electron chi connectivity index (χ2n) is 13.3. The van der Waals surface area contributed by atoms with E-state index in [0.29, 0.717) is 68.1 Å². The van der Waals surface area contributed by atoms with Gasteiger partial charge < -0.3 is 29.2 Å². The first-order chi connectivity index (χ1) is 21.7. The fraction of sp³-hybridized carbons (Fsp3) is 0.472. The average molecular weight is 614 g/mol. The maximum absolute atomic E-state index is 13.1. The maximum Gasteiger partial charge on any atom is 0.410 e. The molecule has 9 nitrogen and oxygen atoms in total. The Kier molecular flexibility index (Phi) is 8.88. The lowest BCUT2D eigenvalue weighted by atomic mass is 9.85. The van der Waals surface area contributed by atoms with Crippen molar-refractivity contribution in [1.82, 2.24) is 9.88 Å². The fourth-order valence-corrected chi connectivity index (χ4v) is 5.99. The van der Waals surface area contributed by atoms with Crippen molar-refractivity contribution in [1.29, 1.82) is 0 Å². The van der Waals surface area contributed by atoms with Gasteiger partial charge in [0.2, 0.25) is 5.91 Å². The summed E-state index contributed by atoms with van der Waals surface area (Å²) in [5.41, 5.74) is 4.01. The minimum Gasteiger partial charge on any atom is -0.497 e. The molecule has 0 radical (unpaired) electrons. The molecular formula is C36H43N3O6. The number of carbonyl (C=O) groups excluding carboxylic acids is 2. The number of methoxy groups -OCH3 is 1. The van der Waals surface area contributed by atoms with E-state index in [1.54, 1.807) is 7.11 Å². The summed E-state index contributed by atoms with van der Waals surface area (Å²) in [5.74, 6) is 3.30. The lowest BCUT2D eigenvalue weighted by Crippen LogP contribution is -2.42. The van der Waals surface area contributed by atoms with Crippen LogP contribution in [0.15, 0.2) is 48.5 Å². The highest BCUT2D eigenvalue weighted by Crippen LogP contribution is 2.43. The number of nitrogens with zero attached hydrogens (tertiary/aromatic N) is 2. The molecule has 238 valence electrons. The number of nitrogens with one attached hydrogen (secondary N) is 1. The first-order valence-corrected chi connectivity index (χ1v) is 16.0. The highest BCUT2D eigenvalue weighted by atomic mass is 16.6. The molecule has 2 aliphatic heterocycles. The zero-order valence-electron chi connectivity index (χ0n) is 26.7. The summed E-state index contributed by atoms with van der Waals surface area (Å²) in [6, 6.07) is 15.8. The van der Waals surface area contributed by atoms with Crippen molar-refractivity contribution in [3.05, 3.63) is 65.2 Å². The molecule has 6 rings (SSSR count). The number of aromatic nitrogens is 1. The first-order valence-electron chi connectivity index (χ1n) is 16.0. The minimum absolute atomic E-state index is 0.0497. The quantitative estimate of drug-likeness (QED) is 0.274. The van der Waals surface area contributed by atoms with E-state index in [2.05, 4.69) is 11.4 Å². The number of ether oxygens (including phenoxy) is 4. The summed E-state index contributed by atoms with van der Waals surface area (Å²) >= 11 is 0. The van der Waals surface area contributed by atoms with Crippen LogP contribution in [-0.2, 0) is 22.6 Å². The lowest BCUT2D eigenvalue weighted by Gasteiger charge is -2.35. The lowest BCUT2D eigenvalue weighted by molar-refractivity contribution is -0.116. The molecule has 45 heavy (non-hydrogen) atoms. The van der Waals surface area contributed by atoms with E-state index in [4.69, 9.17) is 23.9 Å². The Balaban J connectivity index is 1.37. The first kappa shape index (κ1) is 30.7. The van der Waals surface area contributed by atoms with E-state index in [0.717, 1.165) is 40.8 Å². The Hall–Kier alpha value is -4.27. The van der Waals surface area contributed by atoms with Crippen molar-refractivity contribution in [3.8, 4) is 28.5 Å². The molecule has 3 aliphatic rings. The van der Waals surface area contributed by atoms with E-state index in [9.17, 15) is 9.59 Å². The van der Waals surface area contributed by atoms with Gasteiger partial charge in [0.05, 0.1) is 25.0 Å². The number of likely N-dealkylation sites (tertiary alicyclic amines) is 1. The van der Waals surface area contributed by atoms with Crippen LogP contribution in [0.3, 0.4) is 0 Å². The number of hydrogen-bond acceptors (Lipinski definition) is 7. The molecule has 2 amide bonds. The zero-order chi connectivity index (χ0) is 31.6. The van der Waals surface area contributed by atoms with Gasteiger partial charge in [-0.3, -0.25) is 4.79 Å². The van der Waals surface area contributed by atoms with Crippen molar-refractivity contribution >= 4 is 17.8 Å². The topological polar surface area (TPSA) is 99.2 Å². The second-order valence-corrected chi connectivity index (χ2v) is 13.3. The van der Waals surface area contributed by atoms with Gasteiger partial charge in [0.15, 0.2) is 0 Å². The average Bonchev–Trinajstić information content (AvgIpc) is 3.86. The van der Waals surface area contributed by atoms with Gasteiger partial charge in [-0.1, -0.05) is 18.2 Å². The van der Waals surface area contributed by atoms with Crippen LogP contribution >= 0.6 is 0 Å². The molecule has 1 aliphatic carbocycles. The van der Waals surface area contributed by atoms with Crippen LogP contribution in [0, 0.1) is 5.92 Å². The number of rotatable bonds is 9. The van der Waals surface area contributed by atoms with Crippen molar-refractivity contribution < 1.29 is 28.5 Å². The molecule has 1 atom stereocenters. The Labute approximate surface area is 265 Å². The maximum atomic E-state index is 13.1. The molecule has 9 heteroatoms. The predicted octanol–water partition coefficient (Wildman–Crippen LogP) is 7.12. The summed E-state index contributed by atoms with van der Waals surface area (Å²) in [6.45, 7) is 7.84. The molecule has 1 aromatic heterocycles. The smallest absolute Gasteiger partial charge is 0.410 e. The van der Waals surface area contributed by atoms with Crippen LogP contribution in [0.1, 0.15) is 75.5 Å². The Bertz CT molecular complexity index is 1540. The third-order valence-electron chi connectivity index (χ3n) is 8.50. The number of piperidine rings is 1. The minimum atomic E-state index is -0.566. The molecule has 0 spiro atoms. The summed E-state index contributed by atoms with van der Waals surface area (Å²) in [5, 5.41) is 3.03. The SMILES string of the molecule is COc1ccc(COc2cccc(OCC3CC3)c2-c2cc([C@@H]3CCCN(C(=O)OC(C)(C)C)C3)c3c(n2)NC(=O)CC3)cc1. The Morgan fingerprint density at radius 3 is 2.49 bits per heavy atom. The molecule has 2 aromatic carbocycles. The zero-order valence-corrected chi connectivity index (χ0v) is 26.7. The normalized spacial score (nSPS) is 18.1. The van der Waals surface area contributed by atoms with Gasteiger partial charge >= 0.3 is 6.09 Å². The number of hydrogen-bond donors (Lipinski definition) is 1. The highest BCUT2D eigenvalue weighted by molar-refractivity contribution is 5.94. The second kappa shape index (κ2) is 13.0. The van der Waals surface area contributed by atoms with Crippen LogP contribution in [0.4, 0.5) is 10.6 Å². The summed E-state index contributed by atoms with van der Waals surface area (Å²) in [6.07, 6.45) is 4.84. The summed E-state index contributed by atoms with van der Waals surface area (Å²) in [7, 11) is 1.65. The molecule has 3 aromatic rings. The van der Waals surface area contributed by atoms with Crippen LogP contribution in [-0.4, -0.2) is 54.3 Å². The van der Waals surface area contributed by atoms with E-state index in [-0.39, 0.29) is 17.9 Å². The van der Waals surface area contributed by atoms with E-state index >= 15 is 0 Å². The molecule has 1 saturated carbocycles. The van der Waals surface area contributed by atoms with Crippen molar-refractivity contribution in [2.24, 2.45) is 5.92 Å². The van der Waals surface area contributed by atoms with Gasteiger partial charge in [-0.15, -0.1) is 0 Å². The summed E-state index contributed by atoms with van der Waals surface area (Å²) < 4.78 is 23.9. The number of carbonyl (C=O) groups is 2. The largest absolute Gasteiger partial charge is 0.497 e. The fourth-order valence-electron chi connectivity index (χ4n) is 5.99. The number of amides is 2. The number of benzene rings is 2. The van der Waals surface area contributed by atoms with Gasteiger partial charge in [-0.25, -0.2) is 9.78 Å². The third-order valence-corrected chi connectivity index (χ3v) is 8.50. The van der Waals surface area contributed by atoms with Crippen molar-refractivity contribution in [2.75, 3.05) is 32.1 Å². The third kappa shape index (κ3) is 7.52. The Morgan fingerprint density at radius 1 is 1.02 bits per heavy atom. The van der Waals surface area contributed by atoms with Crippen LogP contribution in [0.5, 0.6) is 17.2 Å². The molecule has 2 fully saturated rings. The summed E-state index contributed by atoms with van der Waals surface area (Å²) in [4.78, 5) is 32.5. The van der Waals surface area contributed by atoms with Gasteiger partial charge in [-0.2, -0.15) is 0 Å². The predicted molar refractivity (Wildman–Crippen MR) is 172 cm³/mol.